The van der Waals surface area contributed by atoms with Crippen molar-refractivity contribution >= 4 is 23.1 Å². The van der Waals surface area contributed by atoms with Gasteiger partial charge in [-0.2, -0.15) is 0 Å². The number of thioether (sulfide) groups is 1. The Kier molecular flexibility index (Phi) is 5.73. The van der Waals surface area contributed by atoms with Gasteiger partial charge in [-0.05, 0) is 12.1 Å². The Bertz CT molecular complexity index is 1190. The van der Waals surface area contributed by atoms with E-state index in [1.807, 2.05) is 53.1 Å². The summed E-state index contributed by atoms with van der Waals surface area (Å²) in [7, 11) is 0. The number of nitrogens with zero attached hydrogens (tertiary/aromatic N) is 4. The number of allylic oxidation sites excluding steroid dienone is 1. The number of aromatic nitrogens is 4. The van der Waals surface area contributed by atoms with Crippen LogP contribution >= 0.6 is 23.1 Å². The van der Waals surface area contributed by atoms with Gasteiger partial charge in [-0.3, -0.25) is 4.57 Å². The molecule has 0 unspecified atom stereocenters. The van der Waals surface area contributed by atoms with E-state index in [9.17, 15) is 0 Å². The highest BCUT2D eigenvalue weighted by Crippen LogP contribution is 2.36. The fraction of sp³-hybridized carbons (Fsp3) is 0.174. The number of para-hydroxylation sites is 2. The third-order valence-corrected chi connectivity index (χ3v) is 6.72. The summed E-state index contributed by atoms with van der Waals surface area (Å²) in [6.45, 7) is 4.87. The molecular formula is C23H20N4O2S2. The van der Waals surface area contributed by atoms with Crippen LogP contribution in [0.15, 0.2) is 77.8 Å². The molecule has 3 heterocycles. The topological polar surface area (TPSA) is 62.1 Å². The predicted molar refractivity (Wildman–Crippen MR) is 123 cm³/mol. The van der Waals surface area contributed by atoms with Gasteiger partial charge in [0.2, 0.25) is 0 Å². The third-order valence-electron chi connectivity index (χ3n) is 4.78. The van der Waals surface area contributed by atoms with Crippen LogP contribution in [0.4, 0.5) is 0 Å². The van der Waals surface area contributed by atoms with Crippen LogP contribution in [0.5, 0.6) is 11.5 Å². The molecule has 156 valence electrons. The molecule has 1 aliphatic heterocycles. The maximum absolute atomic E-state index is 6.13. The lowest BCUT2D eigenvalue weighted by atomic mass is 10.2. The normalized spacial score (nSPS) is 15.0. The number of fused-ring (bicyclic) bond motifs is 1. The van der Waals surface area contributed by atoms with Crippen LogP contribution in [0, 0.1) is 0 Å². The lowest BCUT2D eigenvalue weighted by Crippen LogP contribution is -2.25. The summed E-state index contributed by atoms with van der Waals surface area (Å²) in [4.78, 5) is 4.77. The molecule has 0 N–H and O–H groups in total. The Labute approximate surface area is 188 Å². The molecule has 0 fully saturated rings. The molecule has 5 rings (SSSR count). The number of benzene rings is 2. The minimum atomic E-state index is -0.319. The van der Waals surface area contributed by atoms with Crippen molar-refractivity contribution in [1.29, 1.82) is 0 Å². The lowest BCUT2D eigenvalue weighted by Gasteiger charge is -2.26. The molecule has 8 heteroatoms. The number of hydrogen-bond donors (Lipinski definition) is 0. The average molecular weight is 449 g/mol. The van der Waals surface area contributed by atoms with Crippen LogP contribution in [0.25, 0.3) is 10.6 Å². The molecule has 0 saturated carbocycles. The summed E-state index contributed by atoms with van der Waals surface area (Å²) in [5.41, 5.74) is 2.16. The van der Waals surface area contributed by atoms with Gasteiger partial charge in [-0.25, -0.2) is 4.98 Å². The van der Waals surface area contributed by atoms with Gasteiger partial charge in [0.05, 0.1) is 5.69 Å². The van der Waals surface area contributed by atoms with Gasteiger partial charge in [-0.1, -0.05) is 60.3 Å². The second-order valence-electron chi connectivity index (χ2n) is 6.90. The van der Waals surface area contributed by atoms with E-state index in [1.54, 1.807) is 23.1 Å². The zero-order chi connectivity index (χ0) is 21.0. The van der Waals surface area contributed by atoms with Crippen LogP contribution in [0.3, 0.4) is 0 Å². The molecule has 1 atom stereocenters. The number of rotatable bonds is 7. The van der Waals surface area contributed by atoms with E-state index >= 15 is 0 Å². The maximum atomic E-state index is 6.13. The Morgan fingerprint density at radius 2 is 1.90 bits per heavy atom. The predicted octanol–water partition coefficient (Wildman–Crippen LogP) is 5.39. The molecule has 1 aliphatic rings. The second kappa shape index (κ2) is 8.95. The Morgan fingerprint density at radius 1 is 1.10 bits per heavy atom. The smallest absolute Gasteiger partial charge is 0.192 e. The molecule has 0 radical (unpaired) electrons. The maximum Gasteiger partial charge on any atom is 0.192 e. The van der Waals surface area contributed by atoms with E-state index in [-0.39, 0.29) is 6.10 Å². The minimum Gasteiger partial charge on any atom is -0.485 e. The quantitative estimate of drug-likeness (QED) is 0.279. The van der Waals surface area contributed by atoms with E-state index < -0.39 is 0 Å². The van der Waals surface area contributed by atoms with Gasteiger partial charge in [0.1, 0.15) is 11.6 Å². The molecule has 0 amide bonds. The molecule has 2 aromatic carbocycles. The summed E-state index contributed by atoms with van der Waals surface area (Å²) >= 11 is 3.26. The van der Waals surface area contributed by atoms with Crippen molar-refractivity contribution in [3.63, 3.8) is 0 Å². The van der Waals surface area contributed by atoms with Crippen LogP contribution < -0.4 is 9.47 Å². The van der Waals surface area contributed by atoms with Crippen LogP contribution in [0.2, 0.25) is 0 Å². The number of thiazole rings is 1. The lowest BCUT2D eigenvalue weighted by molar-refractivity contribution is 0.0821. The van der Waals surface area contributed by atoms with Gasteiger partial charge in [0.25, 0.3) is 0 Å². The third kappa shape index (κ3) is 4.22. The van der Waals surface area contributed by atoms with Gasteiger partial charge in [0.15, 0.2) is 28.6 Å². The van der Waals surface area contributed by atoms with Crippen LogP contribution in [0.1, 0.15) is 17.6 Å². The van der Waals surface area contributed by atoms with E-state index in [0.717, 1.165) is 38.7 Å². The summed E-state index contributed by atoms with van der Waals surface area (Å²) in [6, 6.07) is 17.9. The van der Waals surface area contributed by atoms with Crippen molar-refractivity contribution in [3.05, 3.63) is 84.2 Å². The summed E-state index contributed by atoms with van der Waals surface area (Å²) in [6.07, 6.45) is 1.52. The van der Waals surface area contributed by atoms with E-state index in [4.69, 9.17) is 14.5 Å². The van der Waals surface area contributed by atoms with E-state index in [2.05, 4.69) is 34.3 Å². The molecular weight excluding hydrogens is 428 g/mol. The Morgan fingerprint density at radius 3 is 2.74 bits per heavy atom. The van der Waals surface area contributed by atoms with Crippen molar-refractivity contribution in [2.24, 2.45) is 0 Å². The first kappa shape index (κ1) is 19.8. The molecule has 0 saturated heterocycles. The molecule has 6 nitrogen and oxygen atoms in total. The van der Waals surface area contributed by atoms with Gasteiger partial charge >= 0.3 is 0 Å². The highest BCUT2D eigenvalue weighted by Gasteiger charge is 2.28. The number of ether oxygens (including phenoxy) is 2. The summed E-state index contributed by atoms with van der Waals surface area (Å²) in [5, 5.41) is 12.8. The number of hydrogen-bond acceptors (Lipinski definition) is 7. The van der Waals surface area contributed by atoms with Gasteiger partial charge in [0, 0.05) is 23.2 Å². The standard InChI is InChI=1S/C23H20N4O2S2/c1-2-12-27-21(20-13-28-18-10-6-7-11-19(18)29-20)25-26-23(27)31-15-17-14-30-22(24-17)16-8-4-3-5-9-16/h2-11,14,20H,1,12-13,15H2/t20-/m0/s1. The summed E-state index contributed by atoms with van der Waals surface area (Å²) < 4.78 is 14.0. The van der Waals surface area contributed by atoms with Crippen molar-refractivity contribution in [1.82, 2.24) is 19.7 Å². The second-order valence-corrected chi connectivity index (χ2v) is 8.70. The molecule has 2 aromatic heterocycles. The molecule has 0 spiro atoms. The average Bonchev–Trinajstić information content (AvgIpc) is 3.45. The first-order valence-corrected chi connectivity index (χ1v) is 11.7. The highest BCUT2D eigenvalue weighted by molar-refractivity contribution is 7.98. The monoisotopic (exact) mass is 448 g/mol. The summed E-state index contributed by atoms with van der Waals surface area (Å²) in [5.74, 6) is 2.92. The van der Waals surface area contributed by atoms with Gasteiger partial charge < -0.3 is 9.47 Å². The SMILES string of the molecule is C=CCn1c(SCc2csc(-c3ccccc3)n2)nnc1[C@@H]1COc2ccccc2O1. The highest BCUT2D eigenvalue weighted by atomic mass is 32.2. The zero-order valence-corrected chi connectivity index (χ0v) is 18.3. The first-order chi connectivity index (χ1) is 15.3. The zero-order valence-electron chi connectivity index (χ0n) is 16.7. The largest absolute Gasteiger partial charge is 0.485 e. The van der Waals surface area contributed by atoms with Crippen LogP contribution in [-0.2, 0) is 12.3 Å². The van der Waals surface area contributed by atoms with E-state index in [1.165, 1.54) is 0 Å². The molecule has 0 aliphatic carbocycles. The molecule has 31 heavy (non-hydrogen) atoms. The fourth-order valence-electron chi connectivity index (χ4n) is 3.32. The fourth-order valence-corrected chi connectivity index (χ4v) is 5.10. The minimum absolute atomic E-state index is 0.319. The molecule has 0 bridgehead atoms. The van der Waals surface area contributed by atoms with Gasteiger partial charge in [-0.15, -0.1) is 28.1 Å². The van der Waals surface area contributed by atoms with Crippen molar-refractivity contribution in [2.45, 2.75) is 23.6 Å². The first-order valence-electron chi connectivity index (χ1n) is 9.87. The Hall–Kier alpha value is -3.10. The van der Waals surface area contributed by atoms with E-state index in [0.29, 0.717) is 18.9 Å². The van der Waals surface area contributed by atoms with Crippen LogP contribution in [-0.4, -0.2) is 26.4 Å². The van der Waals surface area contributed by atoms with Crippen molar-refractivity contribution in [3.8, 4) is 22.1 Å². The van der Waals surface area contributed by atoms with Crippen molar-refractivity contribution < 1.29 is 9.47 Å². The molecule has 4 aromatic rings. The van der Waals surface area contributed by atoms with Crippen molar-refractivity contribution in [2.75, 3.05) is 6.61 Å². The Balaban J connectivity index is 1.32.